The number of likely N-dealkylation sites (tertiary alicyclic amines) is 1. The van der Waals surface area contributed by atoms with Crippen molar-refractivity contribution < 1.29 is 10.2 Å². The van der Waals surface area contributed by atoms with Crippen LogP contribution in [0.3, 0.4) is 0 Å². The first-order valence-electron chi connectivity index (χ1n) is 4.43. The molecular formula is C10H13NO2. The van der Waals surface area contributed by atoms with E-state index in [1.54, 1.807) is 6.07 Å². The Bertz CT molecular complexity index is 295. The minimum Gasteiger partial charge on any atom is -0.508 e. The Hall–Kier alpha value is -1.06. The molecule has 0 radical (unpaired) electrons. The summed E-state index contributed by atoms with van der Waals surface area (Å²) in [6, 6.07) is 7.31. The van der Waals surface area contributed by atoms with Crippen LogP contribution in [0.15, 0.2) is 24.3 Å². The topological polar surface area (TPSA) is 43.7 Å². The van der Waals surface area contributed by atoms with Gasteiger partial charge in [0, 0.05) is 25.2 Å². The molecule has 0 spiro atoms. The van der Waals surface area contributed by atoms with E-state index in [1.165, 1.54) is 0 Å². The minimum absolute atomic E-state index is 0.175. The average molecular weight is 179 g/mol. The number of aliphatic hydroxyl groups is 1. The van der Waals surface area contributed by atoms with Crippen molar-refractivity contribution in [1.82, 2.24) is 4.90 Å². The van der Waals surface area contributed by atoms with Crippen LogP contribution in [0, 0.1) is 0 Å². The van der Waals surface area contributed by atoms with Crippen molar-refractivity contribution in [2.75, 3.05) is 13.1 Å². The molecule has 1 aromatic carbocycles. The van der Waals surface area contributed by atoms with Crippen LogP contribution >= 0.6 is 0 Å². The van der Waals surface area contributed by atoms with Gasteiger partial charge in [-0.05, 0) is 6.07 Å². The maximum absolute atomic E-state index is 9.46. The smallest absolute Gasteiger partial charge is 0.120 e. The predicted molar refractivity (Wildman–Crippen MR) is 49.4 cm³/mol. The molecule has 0 aromatic heterocycles. The van der Waals surface area contributed by atoms with Crippen LogP contribution in [0.4, 0.5) is 0 Å². The Balaban J connectivity index is 1.98. The fourth-order valence-corrected chi connectivity index (χ4v) is 1.56. The third-order valence-electron chi connectivity index (χ3n) is 2.32. The number of phenols is 1. The number of nitrogens with zero attached hydrogens (tertiary/aromatic N) is 1. The van der Waals surface area contributed by atoms with Gasteiger partial charge < -0.3 is 10.2 Å². The quantitative estimate of drug-likeness (QED) is 0.697. The van der Waals surface area contributed by atoms with Gasteiger partial charge in [0.05, 0.1) is 6.10 Å². The lowest BCUT2D eigenvalue weighted by molar-refractivity contribution is -0.00322. The summed E-state index contributed by atoms with van der Waals surface area (Å²) in [6.07, 6.45) is -0.175. The number of hydrogen-bond donors (Lipinski definition) is 2. The van der Waals surface area contributed by atoms with E-state index < -0.39 is 0 Å². The molecule has 0 unspecified atom stereocenters. The van der Waals surface area contributed by atoms with E-state index in [2.05, 4.69) is 4.90 Å². The summed E-state index contributed by atoms with van der Waals surface area (Å²) >= 11 is 0. The van der Waals surface area contributed by atoms with Crippen molar-refractivity contribution in [2.24, 2.45) is 0 Å². The first-order valence-corrected chi connectivity index (χ1v) is 4.43. The van der Waals surface area contributed by atoms with Gasteiger partial charge in [0.15, 0.2) is 0 Å². The Kier molecular flexibility index (Phi) is 2.20. The number of phenolic OH excluding ortho intramolecular Hbond substituents is 1. The summed E-state index contributed by atoms with van der Waals surface area (Å²) in [7, 11) is 0. The summed E-state index contributed by atoms with van der Waals surface area (Å²) in [5, 5.41) is 18.5. The highest BCUT2D eigenvalue weighted by Crippen LogP contribution is 2.20. The molecule has 1 fully saturated rings. The van der Waals surface area contributed by atoms with Gasteiger partial charge >= 0.3 is 0 Å². The normalized spacial score (nSPS) is 18.5. The molecule has 0 aliphatic carbocycles. The Morgan fingerprint density at radius 2 is 2.00 bits per heavy atom. The number of aliphatic hydroxyl groups excluding tert-OH is 1. The van der Waals surface area contributed by atoms with E-state index in [-0.39, 0.29) is 6.10 Å². The number of benzene rings is 1. The highest BCUT2D eigenvalue weighted by molar-refractivity contribution is 5.31. The summed E-state index contributed by atoms with van der Waals surface area (Å²) in [5.41, 5.74) is 0.925. The summed E-state index contributed by atoms with van der Waals surface area (Å²) in [6.45, 7) is 2.16. The highest BCUT2D eigenvalue weighted by Gasteiger charge is 2.24. The van der Waals surface area contributed by atoms with Crippen LogP contribution in [0.1, 0.15) is 5.56 Å². The number of hydrogen-bond acceptors (Lipinski definition) is 3. The Morgan fingerprint density at radius 3 is 2.62 bits per heavy atom. The van der Waals surface area contributed by atoms with E-state index >= 15 is 0 Å². The second-order valence-electron chi connectivity index (χ2n) is 3.48. The first-order chi connectivity index (χ1) is 6.25. The van der Waals surface area contributed by atoms with E-state index in [1.807, 2.05) is 18.2 Å². The molecular weight excluding hydrogens is 166 g/mol. The molecule has 2 N–H and O–H groups in total. The van der Waals surface area contributed by atoms with Gasteiger partial charge in [-0.25, -0.2) is 0 Å². The SMILES string of the molecule is Oc1ccccc1CN1CC(O)C1. The monoisotopic (exact) mass is 179 g/mol. The van der Waals surface area contributed by atoms with Gasteiger partial charge in [0.1, 0.15) is 5.75 Å². The lowest BCUT2D eigenvalue weighted by Crippen LogP contribution is -2.49. The van der Waals surface area contributed by atoms with Crippen LogP contribution in [-0.2, 0) is 6.54 Å². The van der Waals surface area contributed by atoms with E-state index in [0.29, 0.717) is 18.8 Å². The van der Waals surface area contributed by atoms with Gasteiger partial charge in [-0.1, -0.05) is 18.2 Å². The molecule has 1 aromatic rings. The third-order valence-corrected chi connectivity index (χ3v) is 2.32. The molecule has 1 aliphatic rings. The van der Waals surface area contributed by atoms with Crippen molar-refractivity contribution in [3.63, 3.8) is 0 Å². The molecule has 1 saturated heterocycles. The van der Waals surface area contributed by atoms with E-state index in [4.69, 9.17) is 5.11 Å². The summed E-state index contributed by atoms with van der Waals surface area (Å²) < 4.78 is 0. The van der Waals surface area contributed by atoms with Crippen molar-refractivity contribution >= 4 is 0 Å². The Morgan fingerprint density at radius 1 is 1.31 bits per heavy atom. The standard InChI is InChI=1S/C10H13NO2/c12-9-6-11(7-9)5-8-3-1-2-4-10(8)13/h1-4,9,12-13H,5-7H2. The van der Waals surface area contributed by atoms with Gasteiger partial charge in [-0.2, -0.15) is 0 Å². The zero-order chi connectivity index (χ0) is 9.26. The molecule has 2 rings (SSSR count). The molecule has 3 heteroatoms. The molecule has 0 atom stereocenters. The van der Waals surface area contributed by atoms with Crippen LogP contribution in [0.5, 0.6) is 5.75 Å². The molecule has 13 heavy (non-hydrogen) atoms. The Labute approximate surface area is 77.2 Å². The van der Waals surface area contributed by atoms with E-state index in [9.17, 15) is 5.11 Å². The molecule has 0 bridgehead atoms. The van der Waals surface area contributed by atoms with Crippen molar-refractivity contribution in [1.29, 1.82) is 0 Å². The lowest BCUT2D eigenvalue weighted by atomic mass is 10.1. The molecule has 1 heterocycles. The number of para-hydroxylation sites is 1. The van der Waals surface area contributed by atoms with Crippen molar-refractivity contribution in [2.45, 2.75) is 12.6 Å². The van der Waals surface area contributed by atoms with Gasteiger partial charge in [-0.3, -0.25) is 4.90 Å². The highest BCUT2D eigenvalue weighted by atomic mass is 16.3. The zero-order valence-corrected chi connectivity index (χ0v) is 7.35. The third kappa shape index (κ3) is 1.82. The second kappa shape index (κ2) is 3.36. The fourth-order valence-electron chi connectivity index (χ4n) is 1.56. The average Bonchev–Trinajstić information content (AvgIpc) is 2.06. The molecule has 1 aliphatic heterocycles. The number of β-amino-alcohol motifs (C(OH)–C–C–N with tert-alkyl or cyclic N) is 1. The van der Waals surface area contributed by atoms with Crippen LogP contribution in [-0.4, -0.2) is 34.3 Å². The number of rotatable bonds is 2. The summed E-state index contributed by atoms with van der Waals surface area (Å²) in [4.78, 5) is 2.10. The molecule has 0 saturated carbocycles. The zero-order valence-electron chi connectivity index (χ0n) is 7.35. The van der Waals surface area contributed by atoms with Crippen LogP contribution in [0.2, 0.25) is 0 Å². The lowest BCUT2D eigenvalue weighted by Gasteiger charge is -2.35. The van der Waals surface area contributed by atoms with Gasteiger partial charge in [0.25, 0.3) is 0 Å². The fraction of sp³-hybridized carbons (Fsp3) is 0.400. The maximum Gasteiger partial charge on any atom is 0.120 e. The first kappa shape index (κ1) is 8.53. The minimum atomic E-state index is -0.175. The molecule has 70 valence electrons. The van der Waals surface area contributed by atoms with Gasteiger partial charge in [0.2, 0.25) is 0 Å². The van der Waals surface area contributed by atoms with E-state index in [0.717, 1.165) is 12.1 Å². The van der Waals surface area contributed by atoms with Crippen LogP contribution < -0.4 is 0 Å². The van der Waals surface area contributed by atoms with Crippen molar-refractivity contribution in [3.05, 3.63) is 29.8 Å². The maximum atomic E-state index is 9.46. The molecule has 0 amide bonds. The van der Waals surface area contributed by atoms with Crippen LogP contribution in [0.25, 0.3) is 0 Å². The number of aromatic hydroxyl groups is 1. The molecule has 3 nitrogen and oxygen atoms in total. The largest absolute Gasteiger partial charge is 0.508 e. The predicted octanol–water partition coefficient (Wildman–Crippen LogP) is 0.569. The second-order valence-corrected chi connectivity index (χ2v) is 3.48. The summed E-state index contributed by atoms with van der Waals surface area (Å²) in [5.74, 6) is 0.337. The van der Waals surface area contributed by atoms with Gasteiger partial charge in [-0.15, -0.1) is 0 Å². The van der Waals surface area contributed by atoms with Crippen molar-refractivity contribution in [3.8, 4) is 5.75 Å².